The van der Waals surface area contributed by atoms with E-state index in [0.29, 0.717) is 0 Å². The van der Waals surface area contributed by atoms with E-state index < -0.39 is 0 Å². The largest absolute Gasteiger partial charge is 0.361 e. The SMILES string of the molecule is Cc1ccc(CNC2CC2)[nH]1. The minimum absolute atomic E-state index is 0.804. The number of aromatic nitrogens is 1. The van der Waals surface area contributed by atoms with Crippen LogP contribution in [0.5, 0.6) is 0 Å². The molecule has 0 unspecified atom stereocenters. The summed E-state index contributed by atoms with van der Waals surface area (Å²) in [6, 6.07) is 5.06. The fourth-order valence-electron chi connectivity index (χ4n) is 1.21. The Morgan fingerprint density at radius 1 is 1.55 bits per heavy atom. The molecule has 0 bridgehead atoms. The van der Waals surface area contributed by atoms with Gasteiger partial charge in [-0.2, -0.15) is 0 Å². The molecule has 0 aromatic carbocycles. The number of rotatable bonds is 3. The van der Waals surface area contributed by atoms with Gasteiger partial charge in [-0.05, 0) is 31.9 Å². The molecule has 2 heteroatoms. The zero-order chi connectivity index (χ0) is 7.68. The van der Waals surface area contributed by atoms with Crippen molar-refractivity contribution in [1.82, 2.24) is 10.3 Å². The Morgan fingerprint density at radius 3 is 2.91 bits per heavy atom. The second-order valence-corrected chi connectivity index (χ2v) is 3.32. The number of H-pyrrole nitrogens is 1. The molecule has 1 aliphatic rings. The van der Waals surface area contributed by atoms with Gasteiger partial charge < -0.3 is 10.3 Å². The zero-order valence-corrected chi connectivity index (χ0v) is 6.85. The molecule has 0 atom stereocenters. The van der Waals surface area contributed by atoms with Gasteiger partial charge in [-0.15, -0.1) is 0 Å². The van der Waals surface area contributed by atoms with Gasteiger partial charge in [0.1, 0.15) is 0 Å². The van der Waals surface area contributed by atoms with E-state index in [-0.39, 0.29) is 0 Å². The second-order valence-electron chi connectivity index (χ2n) is 3.32. The molecule has 0 aliphatic heterocycles. The zero-order valence-electron chi connectivity index (χ0n) is 6.85. The first-order valence-corrected chi connectivity index (χ1v) is 4.22. The summed E-state index contributed by atoms with van der Waals surface area (Å²) < 4.78 is 0. The van der Waals surface area contributed by atoms with E-state index in [9.17, 15) is 0 Å². The van der Waals surface area contributed by atoms with E-state index in [0.717, 1.165) is 12.6 Å². The molecule has 1 aromatic rings. The molecular formula is C9H14N2. The molecule has 0 saturated heterocycles. The lowest BCUT2D eigenvalue weighted by Crippen LogP contribution is -2.15. The summed E-state index contributed by atoms with van der Waals surface area (Å²) in [7, 11) is 0. The van der Waals surface area contributed by atoms with Crippen LogP contribution in [0.15, 0.2) is 12.1 Å². The molecule has 1 saturated carbocycles. The maximum atomic E-state index is 3.45. The van der Waals surface area contributed by atoms with E-state index >= 15 is 0 Å². The molecule has 60 valence electrons. The van der Waals surface area contributed by atoms with Gasteiger partial charge >= 0.3 is 0 Å². The van der Waals surface area contributed by atoms with Crippen LogP contribution in [0.1, 0.15) is 24.2 Å². The fraction of sp³-hybridized carbons (Fsp3) is 0.556. The van der Waals surface area contributed by atoms with Crippen LogP contribution in [0.25, 0.3) is 0 Å². The minimum atomic E-state index is 0.804. The van der Waals surface area contributed by atoms with Crippen molar-refractivity contribution in [2.75, 3.05) is 0 Å². The van der Waals surface area contributed by atoms with Crippen LogP contribution in [-0.2, 0) is 6.54 Å². The van der Waals surface area contributed by atoms with Gasteiger partial charge in [0, 0.05) is 24.0 Å². The highest BCUT2D eigenvalue weighted by molar-refractivity contribution is 5.11. The summed E-state index contributed by atoms with van der Waals surface area (Å²) in [5, 5.41) is 3.45. The number of nitrogens with one attached hydrogen (secondary N) is 2. The Balaban J connectivity index is 1.85. The first kappa shape index (κ1) is 6.92. The molecule has 11 heavy (non-hydrogen) atoms. The summed E-state index contributed by atoms with van der Waals surface area (Å²) in [6.07, 6.45) is 2.72. The van der Waals surface area contributed by atoms with Crippen LogP contribution >= 0.6 is 0 Å². The van der Waals surface area contributed by atoms with E-state index in [1.54, 1.807) is 0 Å². The summed E-state index contributed by atoms with van der Waals surface area (Å²) >= 11 is 0. The van der Waals surface area contributed by atoms with Crippen LogP contribution in [-0.4, -0.2) is 11.0 Å². The lowest BCUT2D eigenvalue weighted by molar-refractivity contribution is 0.676. The predicted molar refractivity (Wildman–Crippen MR) is 45.4 cm³/mol. The summed E-state index contributed by atoms with van der Waals surface area (Å²) in [4.78, 5) is 3.30. The van der Waals surface area contributed by atoms with Crippen LogP contribution in [0.2, 0.25) is 0 Å². The molecular weight excluding hydrogens is 136 g/mol. The average Bonchev–Trinajstić information content (AvgIpc) is 2.72. The van der Waals surface area contributed by atoms with Crippen molar-refractivity contribution < 1.29 is 0 Å². The van der Waals surface area contributed by atoms with E-state index in [1.165, 1.54) is 24.2 Å². The number of hydrogen-bond acceptors (Lipinski definition) is 1. The van der Waals surface area contributed by atoms with Gasteiger partial charge in [0.05, 0.1) is 0 Å². The second kappa shape index (κ2) is 2.70. The molecule has 1 aromatic heterocycles. The molecule has 2 rings (SSSR count). The molecule has 0 amide bonds. The molecule has 0 radical (unpaired) electrons. The third kappa shape index (κ3) is 1.84. The Bertz CT molecular complexity index is 235. The summed E-state index contributed by atoms with van der Waals surface area (Å²) in [5.74, 6) is 0. The van der Waals surface area contributed by atoms with E-state index in [4.69, 9.17) is 0 Å². The highest BCUT2D eigenvalue weighted by Gasteiger charge is 2.19. The Kier molecular flexibility index (Phi) is 1.70. The maximum Gasteiger partial charge on any atom is 0.0359 e. The van der Waals surface area contributed by atoms with Gasteiger partial charge in [0.25, 0.3) is 0 Å². The number of aryl methyl sites for hydroxylation is 1. The highest BCUT2D eigenvalue weighted by atomic mass is 15.0. The van der Waals surface area contributed by atoms with Crippen LogP contribution < -0.4 is 5.32 Å². The third-order valence-corrected chi connectivity index (χ3v) is 2.05. The smallest absolute Gasteiger partial charge is 0.0359 e. The van der Waals surface area contributed by atoms with E-state index in [1.807, 2.05) is 0 Å². The van der Waals surface area contributed by atoms with Crippen LogP contribution in [0.3, 0.4) is 0 Å². The van der Waals surface area contributed by atoms with Gasteiger partial charge in [0.15, 0.2) is 0 Å². The molecule has 0 spiro atoms. The van der Waals surface area contributed by atoms with E-state index in [2.05, 4.69) is 29.4 Å². The van der Waals surface area contributed by atoms with Crippen molar-refractivity contribution in [3.05, 3.63) is 23.5 Å². The lowest BCUT2D eigenvalue weighted by Gasteiger charge is -1.98. The van der Waals surface area contributed by atoms with Crippen LogP contribution in [0.4, 0.5) is 0 Å². The first-order valence-electron chi connectivity index (χ1n) is 4.22. The van der Waals surface area contributed by atoms with Crippen molar-refractivity contribution in [3.63, 3.8) is 0 Å². The lowest BCUT2D eigenvalue weighted by atomic mass is 10.4. The van der Waals surface area contributed by atoms with Crippen molar-refractivity contribution >= 4 is 0 Å². The van der Waals surface area contributed by atoms with Crippen molar-refractivity contribution in [1.29, 1.82) is 0 Å². The van der Waals surface area contributed by atoms with Crippen molar-refractivity contribution in [3.8, 4) is 0 Å². The standard InChI is InChI=1S/C9H14N2/c1-7-2-3-9(11-7)6-10-8-4-5-8/h2-3,8,10-11H,4-6H2,1H3. The molecule has 1 fully saturated rings. The summed E-state index contributed by atoms with van der Waals surface area (Å²) in [6.45, 7) is 3.08. The highest BCUT2D eigenvalue weighted by Crippen LogP contribution is 2.19. The topological polar surface area (TPSA) is 27.8 Å². The Morgan fingerprint density at radius 2 is 2.36 bits per heavy atom. The van der Waals surface area contributed by atoms with Gasteiger partial charge in [-0.3, -0.25) is 0 Å². The molecule has 1 heterocycles. The minimum Gasteiger partial charge on any atom is -0.361 e. The number of aromatic amines is 1. The monoisotopic (exact) mass is 150 g/mol. The Labute approximate surface area is 67.0 Å². The van der Waals surface area contributed by atoms with Crippen LogP contribution in [0, 0.1) is 6.92 Å². The normalized spacial score (nSPS) is 17.2. The first-order chi connectivity index (χ1) is 5.34. The van der Waals surface area contributed by atoms with Gasteiger partial charge in [-0.1, -0.05) is 0 Å². The third-order valence-electron chi connectivity index (χ3n) is 2.05. The Hall–Kier alpha value is -0.760. The van der Waals surface area contributed by atoms with Crippen molar-refractivity contribution in [2.45, 2.75) is 32.4 Å². The maximum absolute atomic E-state index is 3.45. The number of hydrogen-bond donors (Lipinski definition) is 2. The van der Waals surface area contributed by atoms with Crippen molar-refractivity contribution in [2.24, 2.45) is 0 Å². The van der Waals surface area contributed by atoms with Gasteiger partial charge in [0.2, 0.25) is 0 Å². The molecule has 2 nitrogen and oxygen atoms in total. The predicted octanol–water partition coefficient (Wildman–Crippen LogP) is 1.58. The molecule has 1 aliphatic carbocycles. The molecule has 2 N–H and O–H groups in total. The quantitative estimate of drug-likeness (QED) is 0.672. The summed E-state index contributed by atoms with van der Waals surface area (Å²) in [5.41, 5.74) is 2.55. The fourth-order valence-corrected chi connectivity index (χ4v) is 1.21. The average molecular weight is 150 g/mol. The van der Waals surface area contributed by atoms with Gasteiger partial charge in [-0.25, -0.2) is 0 Å².